The van der Waals surface area contributed by atoms with Crippen LogP contribution in [0.2, 0.25) is 0 Å². The first-order chi connectivity index (χ1) is 14.9. The molecule has 2 aromatic heterocycles. The van der Waals surface area contributed by atoms with E-state index in [9.17, 15) is 0 Å². The Balaban J connectivity index is 1.95. The van der Waals surface area contributed by atoms with Crippen molar-refractivity contribution >= 4 is 10.9 Å². The molecule has 0 fully saturated rings. The van der Waals surface area contributed by atoms with E-state index in [1.165, 1.54) is 0 Å². The van der Waals surface area contributed by atoms with Crippen LogP contribution in [0.1, 0.15) is 16.7 Å². The second kappa shape index (κ2) is 7.48. The fraction of sp³-hybridized carbons (Fsp3) is 0.0769. The van der Waals surface area contributed by atoms with Crippen molar-refractivity contribution in [3.63, 3.8) is 0 Å². The Morgan fingerprint density at radius 3 is 1.67 bits per heavy atom. The minimum absolute atomic E-state index is 0.571. The molecule has 0 atom stereocenters. The van der Waals surface area contributed by atoms with Crippen LogP contribution in [0.3, 0.4) is 0 Å². The fourth-order valence-electron chi connectivity index (χ4n) is 4.26. The molecule has 2 heterocycles. The Bertz CT molecular complexity index is 1170. The first-order valence-electron chi connectivity index (χ1n) is 9.89. The smallest absolute Gasteiger partial charge is 0.224 e. The van der Waals surface area contributed by atoms with Gasteiger partial charge >= 0.3 is 0 Å². The summed E-state index contributed by atoms with van der Waals surface area (Å²) in [5.74, 6) is 0.571. The molecule has 0 amide bonds. The van der Waals surface area contributed by atoms with E-state index < -0.39 is 5.54 Å². The number of hydrogen-bond acceptors (Lipinski definition) is 3. The predicted octanol–water partition coefficient (Wildman–Crippen LogP) is 5.28. The highest BCUT2D eigenvalue weighted by atomic mass is 16.5. The lowest BCUT2D eigenvalue weighted by atomic mass is 9.77. The van der Waals surface area contributed by atoms with E-state index in [-0.39, 0.29) is 0 Å². The third kappa shape index (κ3) is 2.69. The second-order valence-electron chi connectivity index (χ2n) is 7.12. The molecular weight excluding hydrogens is 370 g/mol. The van der Waals surface area contributed by atoms with Gasteiger partial charge in [-0.05, 0) is 22.8 Å². The largest absolute Gasteiger partial charge is 0.480 e. The molecule has 4 heteroatoms. The normalized spacial score (nSPS) is 11.5. The molecular formula is C26H21N3O. The fourth-order valence-corrected chi connectivity index (χ4v) is 4.26. The van der Waals surface area contributed by atoms with Crippen LogP contribution < -0.4 is 4.74 Å². The summed E-state index contributed by atoms with van der Waals surface area (Å²) < 4.78 is 7.60. The van der Waals surface area contributed by atoms with Gasteiger partial charge in [0.2, 0.25) is 5.88 Å². The molecule has 30 heavy (non-hydrogen) atoms. The van der Waals surface area contributed by atoms with E-state index in [1.54, 1.807) is 13.3 Å². The minimum Gasteiger partial charge on any atom is -0.480 e. The van der Waals surface area contributed by atoms with Crippen molar-refractivity contribution < 1.29 is 4.74 Å². The molecule has 5 aromatic rings. The number of benzene rings is 3. The van der Waals surface area contributed by atoms with Gasteiger partial charge in [-0.15, -0.1) is 0 Å². The van der Waals surface area contributed by atoms with Crippen molar-refractivity contribution in [2.45, 2.75) is 5.54 Å². The summed E-state index contributed by atoms with van der Waals surface area (Å²) in [4.78, 5) is 4.36. The van der Waals surface area contributed by atoms with E-state index in [0.29, 0.717) is 5.88 Å². The van der Waals surface area contributed by atoms with Gasteiger partial charge in [0, 0.05) is 6.20 Å². The van der Waals surface area contributed by atoms with Crippen LogP contribution in [0, 0.1) is 0 Å². The zero-order valence-electron chi connectivity index (χ0n) is 16.6. The number of aromatic nitrogens is 3. The van der Waals surface area contributed by atoms with E-state index in [0.717, 1.165) is 27.6 Å². The van der Waals surface area contributed by atoms with Gasteiger partial charge in [-0.3, -0.25) is 0 Å². The molecule has 0 unspecified atom stereocenters. The predicted molar refractivity (Wildman–Crippen MR) is 119 cm³/mol. The quantitative estimate of drug-likeness (QED) is 0.383. The van der Waals surface area contributed by atoms with Crippen molar-refractivity contribution in [1.82, 2.24) is 14.8 Å². The molecule has 0 spiro atoms. The molecule has 3 aromatic carbocycles. The van der Waals surface area contributed by atoms with E-state index >= 15 is 0 Å². The molecule has 4 nitrogen and oxygen atoms in total. The Labute approximate surface area is 175 Å². The monoisotopic (exact) mass is 391 g/mol. The first-order valence-corrected chi connectivity index (χ1v) is 9.89. The summed E-state index contributed by atoms with van der Waals surface area (Å²) >= 11 is 0. The van der Waals surface area contributed by atoms with Crippen LogP contribution >= 0.6 is 0 Å². The Morgan fingerprint density at radius 2 is 1.20 bits per heavy atom. The number of fused-ring (bicyclic) bond motifs is 1. The lowest BCUT2D eigenvalue weighted by Gasteiger charge is -2.37. The molecule has 0 aliphatic carbocycles. The summed E-state index contributed by atoms with van der Waals surface area (Å²) in [7, 11) is 1.64. The summed E-state index contributed by atoms with van der Waals surface area (Å²) in [5, 5.41) is 5.78. The molecule has 0 saturated carbocycles. The maximum atomic E-state index is 5.51. The highest BCUT2D eigenvalue weighted by Gasteiger charge is 2.40. The van der Waals surface area contributed by atoms with Crippen LogP contribution in [0.5, 0.6) is 5.88 Å². The number of nitrogens with zero attached hydrogens (tertiary/aromatic N) is 3. The SMILES string of the molecule is COc1nccc2c1cnn2C(c1ccccc1)(c1ccccc1)c1ccccc1. The van der Waals surface area contributed by atoms with Crippen LogP contribution in [-0.2, 0) is 5.54 Å². The van der Waals surface area contributed by atoms with Gasteiger partial charge < -0.3 is 4.74 Å². The summed E-state index contributed by atoms with van der Waals surface area (Å²) in [6.45, 7) is 0. The number of ether oxygens (including phenoxy) is 1. The van der Waals surface area contributed by atoms with Gasteiger partial charge in [0.1, 0.15) is 5.54 Å². The third-order valence-electron chi connectivity index (χ3n) is 5.55. The number of rotatable bonds is 5. The highest BCUT2D eigenvalue weighted by molar-refractivity contribution is 5.84. The Morgan fingerprint density at radius 1 is 0.700 bits per heavy atom. The molecule has 0 aliphatic heterocycles. The Kier molecular flexibility index (Phi) is 4.52. The van der Waals surface area contributed by atoms with Crippen molar-refractivity contribution in [2.24, 2.45) is 0 Å². The molecule has 5 rings (SSSR count). The van der Waals surface area contributed by atoms with Crippen molar-refractivity contribution in [1.29, 1.82) is 0 Å². The average Bonchev–Trinajstić information content (AvgIpc) is 3.26. The number of pyridine rings is 1. The summed E-state index contributed by atoms with van der Waals surface area (Å²) in [5.41, 5.74) is 3.69. The van der Waals surface area contributed by atoms with Crippen LogP contribution in [0.4, 0.5) is 0 Å². The van der Waals surface area contributed by atoms with E-state index in [1.807, 2.05) is 30.5 Å². The highest BCUT2D eigenvalue weighted by Crippen LogP contribution is 2.42. The van der Waals surface area contributed by atoms with Gasteiger partial charge in [-0.1, -0.05) is 91.0 Å². The van der Waals surface area contributed by atoms with Crippen molar-refractivity contribution in [3.8, 4) is 5.88 Å². The number of hydrogen-bond donors (Lipinski definition) is 0. The first kappa shape index (κ1) is 18.1. The van der Waals surface area contributed by atoms with E-state index in [2.05, 4.69) is 82.5 Å². The number of methoxy groups -OCH3 is 1. The van der Waals surface area contributed by atoms with E-state index in [4.69, 9.17) is 9.84 Å². The topological polar surface area (TPSA) is 39.9 Å². The Hall–Kier alpha value is -3.92. The van der Waals surface area contributed by atoms with Gasteiger partial charge in [0.15, 0.2) is 0 Å². The standard InChI is InChI=1S/C26H21N3O/c1-30-25-23-19-28-29(24(23)17-18-27-25)26(20-11-5-2-6-12-20,21-13-7-3-8-14-21)22-15-9-4-10-16-22/h2-19H,1H3. The molecule has 0 saturated heterocycles. The van der Waals surface area contributed by atoms with Crippen LogP contribution in [-0.4, -0.2) is 21.9 Å². The maximum absolute atomic E-state index is 5.51. The van der Waals surface area contributed by atoms with Crippen molar-refractivity contribution in [2.75, 3.05) is 7.11 Å². The molecule has 0 radical (unpaired) electrons. The second-order valence-corrected chi connectivity index (χ2v) is 7.12. The zero-order valence-corrected chi connectivity index (χ0v) is 16.6. The average molecular weight is 391 g/mol. The maximum Gasteiger partial charge on any atom is 0.224 e. The lowest BCUT2D eigenvalue weighted by molar-refractivity contribution is 0.403. The van der Waals surface area contributed by atoms with Gasteiger partial charge in [0.05, 0.1) is 24.2 Å². The zero-order chi connectivity index (χ0) is 20.4. The third-order valence-corrected chi connectivity index (χ3v) is 5.55. The van der Waals surface area contributed by atoms with Gasteiger partial charge in [-0.25, -0.2) is 9.67 Å². The molecule has 0 aliphatic rings. The van der Waals surface area contributed by atoms with Gasteiger partial charge in [-0.2, -0.15) is 5.10 Å². The minimum atomic E-state index is -0.655. The molecule has 146 valence electrons. The molecule has 0 bridgehead atoms. The summed E-state index contributed by atoms with van der Waals surface area (Å²) in [6, 6.07) is 33.5. The van der Waals surface area contributed by atoms with Crippen LogP contribution in [0.25, 0.3) is 10.9 Å². The summed E-state index contributed by atoms with van der Waals surface area (Å²) in [6.07, 6.45) is 3.61. The van der Waals surface area contributed by atoms with Crippen LogP contribution in [0.15, 0.2) is 109 Å². The van der Waals surface area contributed by atoms with Crippen molar-refractivity contribution in [3.05, 3.63) is 126 Å². The molecule has 0 N–H and O–H groups in total. The van der Waals surface area contributed by atoms with Gasteiger partial charge in [0.25, 0.3) is 0 Å². The lowest BCUT2D eigenvalue weighted by Crippen LogP contribution is -2.38.